The van der Waals surface area contributed by atoms with Gasteiger partial charge in [0, 0.05) is 28.3 Å². The van der Waals surface area contributed by atoms with Crippen molar-refractivity contribution in [3.05, 3.63) is 32.9 Å². The Bertz CT molecular complexity index is 603. The molecule has 1 aliphatic carbocycles. The van der Waals surface area contributed by atoms with Crippen LogP contribution in [0.15, 0.2) is 18.2 Å². The second-order valence-electron chi connectivity index (χ2n) is 6.64. The molecule has 1 saturated carbocycles. The zero-order valence-corrected chi connectivity index (χ0v) is 17.7. The second-order valence-corrected chi connectivity index (χ2v) is 8.19. The average Bonchev–Trinajstić information content (AvgIpc) is 2.61. The predicted octanol–water partition coefficient (Wildman–Crippen LogP) is 4.02. The lowest BCUT2D eigenvalue weighted by atomic mass is 9.94. The number of nitrogens with zero attached hydrogens (tertiary/aromatic N) is 1. The summed E-state index contributed by atoms with van der Waals surface area (Å²) in [5.74, 6) is -0.147. The van der Waals surface area contributed by atoms with Crippen molar-refractivity contribution in [1.82, 2.24) is 10.2 Å². The first-order valence-electron chi connectivity index (χ1n) is 9.02. The van der Waals surface area contributed by atoms with Gasteiger partial charge in [-0.15, -0.1) is 0 Å². The minimum Gasteiger partial charge on any atom is -0.396 e. The Hall–Kier alpha value is -0.730. The van der Waals surface area contributed by atoms with Crippen molar-refractivity contribution in [2.45, 2.75) is 57.9 Å². The average molecular weight is 474 g/mol. The topological polar surface area (TPSA) is 52.6 Å². The molecule has 1 amide bonds. The van der Waals surface area contributed by atoms with Crippen LogP contribution in [0.3, 0.4) is 0 Å². The minimum atomic E-state index is -0.147. The number of amides is 1. The van der Waals surface area contributed by atoms with Crippen molar-refractivity contribution in [3.8, 4) is 0 Å². The number of aryl methyl sites for hydroxylation is 1. The predicted molar refractivity (Wildman–Crippen MR) is 114 cm³/mol. The molecule has 138 valence electrons. The number of hydrogen-bond donors (Lipinski definition) is 2. The number of thiocarbonyl (C=S) groups is 1. The second kappa shape index (κ2) is 10.4. The maximum Gasteiger partial charge on any atom is 0.257 e. The van der Waals surface area contributed by atoms with Gasteiger partial charge in [-0.25, -0.2) is 0 Å². The zero-order chi connectivity index (χ0) is 18.2. The van der Waals surface area contributed by atoms with E-state index < -0.39 is 0 Å². The van der Waals surface area contributed by atoms with E-state index in [4.69, 9.17) is 17.3 Å². The van der Waals surface area contributed by atoms with Crippen LogP contribution in [0.5, 0.6) is 0 Å². The van der Waals surface area contributed by atoms with E-state index in [0.717, 1.165) is 41.4 Å². The highest BCUT2D eigenvalue weighted by Crippen LogP contribution is 2.23. The number of nitrogens with one attached hydrogen (secondary N) is 1. The van der Waals surface area contributed by atoms with E-state index in [-0.39, 0.29) is 12.5 Å². The summed E-state index contributed by atoms with van der Waals surface area (Å²) in [6.45, 7) is 3.01. The van der Waals surface area contributed by atoms with Gasteiger partial charge in [0.15, 0.2) is 5.11 Å². The SMILES string of the molecule is Cc1ccc(C(=O)NC(=S)N(CCCCO)C2CCCCC2)cc1I. The molecule has 4 nitrogen and oxygen atoms in total. The zero-order valence-electron chi connectivity index (χ0n) is 14.8. The summed E-state index contributed by atoms with van der Waals surface area (Å²) in [6, 6.07) is 6.09. The summed E-state index contributed by atoms with van der Waals surface area (Å²) in [5.41, 5.74) is 1.80. The van der Waals surface area contributed by atoms with Crippen molar-refractivity contribution in [1.29, 1.82) is 0 Å². The molecule has 1 aliphatic rings. The number of aliphatic hydroxyl groups excluding tert-OH is 1. The lowest BCUT2D eigenvalue weighted by molar-refractivity contribution is 0.0969. The molecule has 2 rings (SSSR count). The molecule has 0 aliphatic heterocycles. The number of hydrogen-bond acceptors (Lipinski definition) is 3. The van der Waals surface area contributed by atoms with Gasteiger partial charge >= 0.3 is 0 Å². The van der Waals surface area contributed by atoms with Gasteiger partial charge in [0.1, 0.15) is 0 Å². The molecule has 0 radical (unpaired) electrons. The quantitative estimate of drug-likeness (QED) is 0.372. The standard InChI is InChI=1S/C19H27IN2O2S/c1-14-9-10-15(13-17(14)20)18(24)21-19(25)22(11-5-6-12-23)16-7-3-2-4-8-16/h9-10,13,16,23H,2-8,11-12H2,1H3,(H,21,24,25). The van der Waals surface area contributed by atoms with E-state index in [2.05, 4.69) is 32.8 Å². The summed E-state index contributed by atoms with van der Waals surface area (Å²) < 4.78 is 1.07. The molecule has 0 aromatic heterocycles. The van der Waals surface area contributed by atoms with E-state index in [9.17, 15) is 4.79 Å². The Kier molecular flexibility index (Phi) is 8.58. The lowest BCUT2D eigenvalue weighted by Gasteiger charge is -2.36. The van der Waals surface area contributed by atoms with Crippen molar-refractivity contribution in [2.24, 2.45) is 0 Å². The van der Waals surface area contributed by atoms with Crippen LogP contribution < -0.4 is 5.32 Å². The third-order valence-electron chi connectivity index (χ3n) is 4.74. The maximum atomic E-state index is 12.6. The highest BCUT2D eigenvalue weighted by atomic mass is 127. The van der Waals surface area contributed by atoms with Crippen LogP contribution in [-0.2, 0) is 0 Å². The summed E-state index contributed by atoms with van der Waals surface area (Å²) in [4.78, 5) is 14.7. The van der Waals surface area contributed by atoms with Gasteiger partial charge in [-0.05, 0) is 85.1 Å². The number of aliphatic hydroxyl groups is 1. The highest BCUT2D eigenvalue weighted by Gasteiger charge is 2.24. The summed E-state index contributed by atoms with van der Waals surface area (Å²) >= 11 is 7.81. The van der Waals surface area contributed by atoms with E-state index in [1.165, 1.54) is 19.3 Å². The van der Waals surface area contributed by atoms with Gasteiger partial charge in [0.25, 0.3) is 5.91 Å². The third-order valence-corrected chi connectivity index (χ3v) is 6.24. The van der Waals surface area contributed by atoms with Gasteiger partial charge in [0.2, 0.25) is 0 Å². The van der Waals surface area contributed by atoms with Crippen molar-refractivity contribution < 1.29 is 9.90 Å². The Morgan fingerprint density at radius 3 is 2.68 bits per heavy atom. The molecule has 0 saturated heterocycles. The number of unbranched alkanes of at least 4 members (excludes halogenated alkanes) is 1. The first-order valence-corrected chi connectivity index (χ1v) is 10.5. The van der Waals surface area contributed by atoms with Crippen LogP contribution >= 0.6 is 34.8 Å². The van der Waals surface area contributed by atoms with Crippen molar-refractivity contribution in [2.75, 3.05) is 13.2 Å². The minimum absolute atomic E-state index is 0.147. The van der Waals surface area contributed by atoms with Crippen LogP contribution in [0.2, 0.25) is 0 Å². The maximum absolute atomic E-state index is 12.6. The molecule has 0 bridgehead atoms. The Morgan fingerprint density at radius 1 is 1.32 bits per heavy atom. The fourth-order valence-electron chi connectivity index (χ4n) is 3.21. The van der Waals surface area contributed by atoms with Crippen LogP contribution in [0.1, 0.15) is 60.9 Å². The van der Waals surface area contributed by atoms with Gasteiger partial charge in [-0.1, -0.05) is 25.3 Å². The smallest absolute Gasteiger partial charge is 0.257 e. The molecule has 0 spiro atoms. The van der Waals surface area contributed by atoms with Crippen LogP contribution in [0.4, 0.5) is 0 Å². The molecule has 1 aromatic carbocycles. The number of carbonyl (C=O) groups is 1. The molecule has 1 fully saturated rings. The molecular weight excluding hydrogens is 447 g/mol. The van der Waals surface area contributed by atoms with E-state index in [0.29, 0.717) is 16.7 Å². The molecule has 25 heavy (non-hydrogen) atoms. The fraction of sp³-hybridized carbons (Fsp3) is 0.579. The number of benzene rings is 1. The van der Waals surface area contributed by atoms with Crippen LogP contribution in [-0.4, -0.2) is 40.2 Å². The Balaban J connectivity index is 2.03. The summed E-state index contributed by atoms with van der Waals surface area (Å²) in [5, 5.41) is 12.5. The van der Waals surface area contributed by atoms with Gasteiger partial charge in [0.05, 0.1) is 0 Å². The lowest BCUT2D eigenvalue weighted by Crippen LogP contribution is -2.49. The molecule has 1 aromatic rings. The molecule has 2 N–H and O–H groups in total. The molecule has 0 unspecified atom stereocenters. The molecule has 0 heterocycles. The summed E-state index contributed by atoms with van der Waals surface area (Å²) in [7, 11) is 0. The molecule has 6 heteroatoms. The largest absolute Gasteiger partial charge is 0.396 e. The first kappa shape index (κ1) is 20.6. The third kappa shape index (κ3) is 6.18. The highest BCUT2D eigenvalue weighted by molar-refractivity contribution is 14.1. The molecule has 0 atom stereocenters. The van der Waals surface area contributed by atoms with Gasteiger partial charge in [-0.3, -0.25) is 10.1 Å². The number of halogens is 1. The number of carbonyl (C=O) groups excluding carboxylic acids is 1. The van der Waals surface area contributed by atoms with Crippen LogP contribution in [0.25, 0.3) is 0 Å². The Labute approximate surface area is 169 Å². The Morgan fingerprint density at radius 2 is 2.04 bits per heavy atom. The van der Waals surface area contributed by atoms with Gasteiger partial charge < -0.3 is 10.0 Å². The van der Waals surface area contributed by atoms with E-state index in [1.807, 2.05) is 25.1 Å². The molecular formula is C19H27IN2O2S. The van der Waals surface area contributed by atoms with Gasteiger partial charge in [-0.2, -0.15) is 0 Å². The number of rotatable bonds is 6. The van der Waals surface area contributed by atoms with Crippen molar-refractivity contribution in [3.63, 3.8) is 0 Å². The van der Waals surface area contributed by atoms with Crippen molar-refractivity contribution >= 4 is 45.8 Å². The fourth-order valence-corrected chi connectivity index (χ4v) is 4.06. The first-order chi connectivity index (χ1) is 12.0. The van der Waals surface area contributed by atoms with E-state index in [1.54, 1.807) is 0 Å². The van der Waals surface area contributed by atoms with Crippen LogP contribution in [0, 0.1) is 10.5 Å². The van der Waals surface area contributed by atoms with E-state index >= 15 is 0 Å². The normalized spacial score (nSPS) is 15.0. The summed E-state index contributed by atoms with van der Waals surface area (Å²) in [6.07, 6.45) is 7.60. The monoisotopic (exact) mass is 474 g/mol.